The first kappa shape index (κ1) is 10.7. The highest BCUT2D eigenvalue weighted by Crippen LogP contribution is 2.21. The van der Waals surface area contributed by atoms with Crippen molar-refractivity contribution in [1.29, 1.82) is 0 Å². The van der Waals surface area contributed by atoms with Gasteiger partial charge < -0.3 is 14.9 Å². The third-order valence-electron chi connectivity index (χ3n) is 1.73. The maximum atomic E-state index is 13.3. The lowest BCUT2D eigenvalue weighted by Crippen LogP contribution is -1.97. The van der Waals surface area contributed by atoms with Crippen LogP contribution in [0.5, 0.6) is 5.75 Å². The second-order valence-corrected chi connectivity index (χ2v) is 3.33. The van der Waals surface area contributed by atoms with Gasteiger partial charge in [-0.25, -0.2) is 4.39 Å². The van der Waals surface area contributed by atoms with E-state index in [1.807, 2.05) is 0 Å². The Morgan fingerprint density at radius 1 is 1.44 bits per heavy atom. The van der Waals surface area contributed by atoms with Crippen LogP contribution in [0.1, 0.15) is 5.89 Å². The van der Waals surface area contributed by atoms with E-state index in [1.54, 1.807) is 0 Å². The monoisotopic (exact) mass is 243 g/mol. The molecule has 1 aromatic carbocycles. The van der Waals surface area contributed by atoms with Gasteiger partial charge in [0, 0.05) is 5.02 Å². The van der Waals surface area contributed by atoms with Crippen molar-refractivity contribution in [2.24, 2.45) is 0 Å². The van der Waals surface area contributed by atoms with Gasteiger partial charge in [0.25, 0.3) is 5.89 Å². The van der Waals surface area contributed by atoms with Gasteiger partial charge in [-0.05, 0) is 18.2 Å². The zero-order valence-corrected chi connectivity index (χ0v) is 8.74. The summed E-state index contributed by atoms with van der Waals surface area (Å²) < 4.78 is 23.2. The second-order valence-electron chi connectivity index (χ2n) is 2.90. The van der Waals surface area contributed by atoms with Crippen LogP contribution in [-0.4, -0.2) is 10.2 Å². The Morgan fingerprint density at radius 2 is 2.25 bits per heavy atom. The smallest absolute Gasteiger partial charge is 0.312 e. The summed E-state index contributed by atoms with van der Waals surface area (Å²) in [5.74, 6) is -0.326. The van der Waals surface area contributed by atoms with Gasteiger partial charge in [-0.3, -0.25) is 0 Å². The molecule has 0 saturated heterocycles. The molecule has 0 aliphatic carbocycles. The van der Waals surface area contributed by atoms with Crippen LogP contribution in [0, 0.1) is 5.82 Å². The summed E-state index contributed by atoms with van der Waals surface area (Å²) >= 11 is 5.58. The molecule has 1 heterocycles. The minimum atomic E-state index is -0.556. The van der Waals surface area contributed by atoms with Crippen LogP contribution in [0.4, 0.5) is 10.4 Å². The molecule has 0 aliphatic rings. The molecule has 2 rings (SSSR count). The molecule has 16 heavy (non-hydrogen) atoms. The fourth-order valence-corrected chi connectivity index (χ4v) is 1.22. The molecule has 7 heteroatoms. The normalized spacial score (nSPS) is 10.4. The van der Waals surface area contributed by atoms with Crippen molar-refractivity contribution in [3.63, 3.8) is 0 Å². The summed E-state index contributed by atoms with van der Waals surface area (Å²) in [7, 11) is 0. The van der Waals surface area contributed by atoms with E-state index in [1.165, 1.54) is 12.1 Å². The Balaban J connectivity index is 2.04. The van der Waals surface area contributed by atoms with E-state index in [2.05, 4.69) is 10.2 Å². The molecule has 2 aromatic rings. The van der Waals surface area contributed by atoms with E-state index in [0.717, 1.165) is 6.07 Å². The van der Waals surface area contributed by atoms with Crippen molar-refractivity contribution in [2.45, 2.75) is 6.61 Å². The van der Waals surface area contributed by atoms with Gasteiger partial charge in [0.1, 0.15) is 0 Å². The van der Waals surface area contributed by atoms with Crippen molar-refractivity contribution in [3.05, 3.63) is 34.9 Å². The van der Waals surface area contributed by atoms with Crippen molar-refractivity contribution < 1.29 is 13.5 Å². The average Bonchev–Trinajstić information content (AvgIpc) is 2.63. The molecule has 0 bridgehead atoms. The van der Waals surface area contributed by atoms with Gasteiger partial charge in [-0.15, -0.1) is 5.10 Å². The molecule has 2 N–H and O–H groups in total. The lowest BCUT2D eigenvalue weighted by Gasteiger charge is -2.04. The highest BCUT2D eigenvalue weighted by atomic mass is 35.5. The predicted molar refractivity (Wildman–Crippen MR) is 54.5 cm³/mol. The van der Waals surface area contributed by atoms with Crippen LogP contribution in [0.3, 0.4) is 0 Å². The summed E-state index contributed by atoms with van der Waals surface area (Å²) in [6.45, 7) is -0.0528. The Kier molecular flexibility index (Phi) is 2.91. The van der Waals surface area contributed by atoms with Crippen molar-refractivity contribution >= 4 is 17.6 Å². The minimum Gasteiger partial charge on any atom is -0.481 e. The lowest BCUT2D eigenvalue weighted by atomic mass is 10.3. The summed E-state index contributed by atoms with van der Waals surface area (Å²) in [6, 6.07) is 4.02. The zero-order chi connectivity index (χ0) is 11.5. The first-order valence-electron chi connectivity index (χ1n) is 4.31. The van der Waals surface area contributed by atoms with E-state index in [-0.39, 0.29) is 24.3 Å². The van der Waals surface area contributed by atoms with Crippen LogP contribution in [0.2, 0.25) is 5.02 Å². The molecule has 5 nitrogen and oxygen atoms in total. The molecule has 0 unspecified atom stereocenters. The predicted octanol–water partition coefficient (Wildman–Crippen LogP) is 2.02. The molecule has 0 fully saturated rings. The first-order valence-corrected chi connectivity index (χ1v) is 4.68. The number of halogens is 2. The average molecular weight is 244 g/mol. The third kappa shape index (κ3) is 2.40. The Labute approximate surface area is 95.0 Å². The Morgan fingerprint density at radius 3 is 2.88 bits per heavy atom. The maximum absolute atomic E-state index is 13.3. The third-order valence-corrected chi connectivity index (χ3v) is 1.96. The van der Waals surface area contributed by atoms with E-state index in [0.29, 0.717) is 5.02 Å². The number of benzene rings is 1. The summed E-state index contributed by atoms with van der Waals surface area (Å²) in [5, 5.41) is 7.29. The van der Waals surface area contributed by atoms with Crippen LogP contribution in [0.25, 0.3) is 0 Å². The number of anilines is 1. The fourth-order valence-electron chi connectivity index (χ4n) is 1.06. The summed E-state index contributed by atoms with van der Waals surface area (Å²) in [4.78, 5) is 0. The number of hydrogen-bond donors (Lipinski definition) is 1. The van der Waals surface area contributed by atoms with Gasteiger partial charge in [0.2, 0.25) is 0 Å². The SMILES string of the molecule is Nc1nnc(COc2ccc(Cl)cc2F)o1. The van der Waals surface area contributed by atoms with E-state index in [9.17, 15) is 4.39 Å². The molecule has 0 spiro atoms. The lowest BCUT2D eigenvalue weighted by molar-refractivity contribution is 0.253. The molecule has 0 amide bonds. The van der Waals surface area contributed by atoms with Crippen molar-refractivity contribution in [1.82, 2.24) is 10.2 Å². The van der Waals surface area contributed by atoms with Crippen LogP contribution in [0.15, 0.2) is 22.6 Å². The molecule has 0 aliphatic heterocycles. The molecule has 1 aromatic heterocycles. The molecule has 0 atom stereocenters. The van der Waals surface area contributed by atoms with E-state index < -0.39 is 5.82 Å². The topological polar surface area (TPSA) is 74.2 Å². The molecule has 0 saturated carbocycles. The largest absolute Gasteiger partial charge is 0.481 e. The number of aromatic nitrogens is 2. The van der Waals surface area contributed by atoms with Crippen molar-refractivity contribution in [3.8, 4) is 5.75 Å². The van der Waals surface area contributed by atoms with Crippen molar-refractivity contribution in [2.75, 3.05) is 5.73 Å². The second kappa shape index (κ2) is 4.36. The highest BCUT2D eigenvalue weighted by molar-refractivity contribution is 6.30. The summed E-state index contributed by atoms with van der Waals surface area (Å²) in [6.07, 6.45) is 0. The Bertz CT molecular complexity index is 503. The standard InChI is InChI=1S/C9H7ClFN3O2/c10-5-1-2-7(6(11)3-5)15-4-8-13-14-9(12)16-8/h1-3H,4H2,(H2,12,14). The Hall–Kier alpha value is -1.82. The van der Waals surface area contributed by atoms with Crippen LogP contribution < -0.4 is 10.5 Å². The van der Waals surface area contributed by atoms with E-state index >= 15 is 0 Å². The first-order chi connectivity index (χ1) is 7.65. The zero-order valence-electron chi connectivity index (χ0n) is 7.98. The molecular weight excluding hydrogens is 237 g/mol. The minimum absolute atomic E-state index is 0.0528. The quantitative estimate of drug-likeness (QED) is 0.893. The molecular formula is C9H7ClFN3O2. The number of hydrogen-bond acceptors (Lipinski definition) is 5. The fraction of sp³-hybridized carbons (Fsp3) is 0.111. The van der Waals surface area contributed by atoms with Gasteiger partial charge >= 0.3 is 6.01 Å². The number of nitrogens with two attached hydrogens (primary N) is 1. The van der Waals surface area contributed by atoms with Gasteiger partial charge in [-0.1, -0.05) is 16.7 Å². The van der Waals surface area contributed by atoms with Crippen LogP contribution in [-0.2, 0) is 6.61 Å². The van der Waals surface area contributed by atoms with Gasteiger partial charge in [-0.2, -0.15) is 0 Å². The number of ether oxygens (including phenoxy) is 1. The number of nitrogens with zero attached hydrogens (tertiary/aromatic N) is 2. The van der Waals surface area contributed by atoms with E-state index in [4.69, 9.17) is 26.5 Å². The maximum Gasteiger partial charge on any atom is 0.312 e. The van der Waals surface area contributed by atoms with Gasteiger partial charge in [0.05, 0.1) is 0 Å². The van der Waals surface area contributed by atoms with Gasteiger partial charge in [0.15, 0.2) is 18.2 Å². The van der Waals surface area contributed by atoms with Crippen LogP contribution >= 0.6 is 11.6 Å². The molecule has 0 radical (unpaired) electrons. The number of rotatable bonds is 3. The summed E-state index contributed by atoms with van der Waals surface area (Å²) in [5.41, 5.74) is 5.21. The number of nitrogen functional groups attached to an aromatic ring is 1. The highest BCUT2D eigenvalue weighted by Gasteiger charge is 2.07. The molecule has 84 valence electrons.